The number of thiol groups is 1. The number of H-pyrrole nitrogens is 1. The van der Waals surface area contributed by atoms with Crippen molar-refractivity contribution in [2.75, 3.05) is 7.11 Å². The second-order valence-electron chi connectivity index (χ2n) is 4.04. The van der Waals surface area contributed by atoms with E-state index in [0.717, 1.165) is 34.0 Å². The van der Waals surface area contributed by atoms with Gasteiger partial charge in [0.2, 0.25) is 0 Å². The second-order valence-corrected chi connectivity index (χ2v) is 4.36. The number of benzene rings is 1. The molecule has 1 aromatic heterocycles. The minimum atomic E-state index is 0.619. The van der Waals surface area contributed by atoms with Crippen molar-refractivity contribution in [3.8, 4) is 17.0 Å². The van der Waals surface area contributed by atoms with Crippen LogP contribution in [0.2, 0.25) is 0 Å². The van der Waals surface area contributed by atoms with Crippen LogP contribution in [-0.4, -0.2) is 17.1 Å². The molecule has 3 nitrogen and oxygen atoms in total. The molecule has 1 aromatic carbocycles. The van der Waals surface area contributed by atoms with Gasteiger partial charge in [0, 0.05) is 11.3 Å². The van der Waals surface area contributed by atoms with Crippen molar-refractivity contribution in [1.29, 1.82) is 0 Å². The summed E-state index contributed by atoms with van der Waals surface area (Å²) in [6.45, 7) is 4.09. The molecule has 2 aromatic rings. The molecule has 1 N–H and O–H groups in total. The zero-order valence-corrected chi connectivity index (χ0v) is 11.1. The maximum absolute atomic E-state index is 5.35. The Morgan fingerprint density at radius 3 is 2.41 bits per heavy atom. The SMILES string of the molecule is COc1c(C)cc(-c2cnc(CS)[nH]2)cc1C. The van der Waals surface area contributed by atoms with E-state index in [4.69, 9.17) is 4.74 Å². The van der Waals surface area contributed by atoms with Gasteiger partial charge in [-0.05, 0) is 37.1 Å². The number of rotatable bonds is 3. The number of imidazole rings is 1. The minimum Gasteiger partial charge on any atom is -0.496 e. The van der Waals surface area contributed by atoms with Crippen LogP contribution >= 0.6 is 12.6 Å². The summed E-state index contributed by atoms with van der Waals surface area (Å²) in [5.74, 6) is 2.45. The highest BCUT2D eigenvalue weighted by molar-refractivity contribution is 7.79. The predicted molar refractivity (Wildman–Crippen MR) is 72.7 cm³/mol. The van der Waals surface area contributed by atoms with Crippen molar-refractivity contribution in [2.24, 2.45) is 0 Å². The van der Waals surface area contributed by atoms with Gasteiger partial charge in [0.05, 0.1) is 19.0 Å². The maximum atomic E-state index is 5.35. The summed E-state index contributed by atoms with van der Waals surface area (Å²) in [6.07, 6.45) is 1.84. The van der Waals surface area contributed by atoms with E-state index in [1.807, 2.05) is 20.0 Å². The van der Waals surface area contributed by atoms with E-state index in [9.17, 15) is 0 Å². The van der Waals surface area contributed by atoms with Crippen molar-refractivity contribution < 1.29 is 4.74 Å². The molecule has 17 heavy (non-hydrogen) atoms. The highest BCUT2D eigenvalue weighted by atomic mass is 32.1. The van der Waals surface area contributed by atoms with Crippen LogP contribution in [0, 0.1) is 13.8 Å². The molecule has 0 saturated carbocycles. The van der Waals surface area contributed by atoms with Gasteiger partial charge in [0.15, 0.2) is 0 Å². The first-order chi connectivity index (χ1) is 8.15. The Morgan fingerprint density at radius 1 is 1.29 bits per heavy atom. The van der Waals surface area contributed by atoms with Crippen molar-refractivity contribution in [2.45, 2.75) is 19.6 Å². The van der Waals surface area contributed by atoms with Crippen molar-refractivity contribution >= 4 is 12.6 Å². The maximum Gasteiger partial charge on any atom is 0.124 e. The number of aryl methyl sites for hydroxylation is 2. The predicted octanol–water partition coefficient (Wildman–Crippen LogP) is 3.13. The molecule has 0 aliphatic carbocycles. The second kappa shape index (κ2) is 4.84. The van der Waals surface area contributed by atoms with E-state index in [0.29, 0.717) is 5.75 Å². The van der Waals surface area contributed by atoms with Crippen LogP contribution in [0.15, 0.2) is 18.3 Å². The summed E-state index contributed by atoms with van der Waals surface area (Å²) < 4.78 is 5.35. The monoisotopic (exact) mass is 248 g/mol. The van der Waals surface area contributed by atoms with Gasteiger partial charge in [-0.15, -0.1) is 0 Å². The van der Waals surface area contributed by atoms with Gasteiger partial charge >= 0.3 is 0 Å². The van der Waals surface area contributed by atoms with Crippen molar-refractivity contribution in [3.63, 3.8) is 0 Å². The molecule has 0 aliphatic rings. The van der Waals surface area contributed by atoms with Crippen LogP contribution in [0.1, 0.15) is 17.0 Å². The molecule has 1 heterocycles. The zero-order chi connectivity index (χ0) is 12.4. The van der Waals surface area contributed by atoms with E-state index < -0.39 is 0 Å². The van der Waals surface area contributed by atoms with E-state index >= 15 is 0 Å². The molecule has 0 atom stereocenters. The summed E-state index contributed by atoms with van der Waals surface area (Å²) >= 11 is 4.19. The first kappa shape index (κ1) is 12.0. The summed E-state index contributed by atoms with van der Waals surface area (Å²) in [6, 6.07) is 4.20. The average Bonchev–Trinajstić information content (AvgIpc) is 2.77. The lowest BCUT2D eigenvalue weighted by Crippen LogP contribution is -1.92. The lowest BCUT2D eigenvalue weighted by molar-refractivity contribution is 0.408. The molecule has 0 aliphatic heterocycles. The molecule has 4 heteroatoms. The number of aromatic nitrogens is 2. The molecule has 0 spiro atoms. The lowest BCUT2D eigenvalue weighted by Gasteiger charge is -2.10. The van der Waals surface area contributed by atoms with Crippen LogP contribution < -0.4 is 4.74 Å². The Labute approximate surface area is 107 Å². The van der Waals surface area contributed by atoms with Crippen molar-refractivity contribution in [3.05, 3.63) is 35.3 Å². The number of methoxy groups -OCH3 is 1. The molecule has 2 rings (SSSR count). The Balaban J connectivity index is 2.46. The van der Waals surface area contributed by atoms with Gasteiger partial charge in [-0.3, -0.25) is 0 Å². The normalized spacial score (nSPS) is 10.6. The Hall–Kier alpha value is -1.42. The molecule has 90 valence electrons. The smallest absolute Gasteiger partial charge is 0.124 e. The average molecular weight is 248 g/mol. The van der Waals surface area contributed by atoms with Gasteiger partial charge in [-0.1, -0.05) is 0 Å². The first-order valence-electron chi connectivity index (χ1n) is 5.46. The van der Waals surface area contributed by atoms with Crippen molar-refractivity contribution in [1.82, 2.24) is 9.97 Å². The molecule has 0 saturated heterocycles. The van der Waals surface area contributed by atoms with Gasteiger partial charge in [-0.2, -0.15) is 12.6 Å². The topological polar surface area (TPSA) is 37.9 Å². The summed E-state index contributed by atoms with van der Waals surface area (Å²) in [5, 5.41) is 0. The van der Waals surface area contributed by atoms with E-state index in [2.05, 4.69) is 34.7 Å². The quantitative estimate of drug-likeness (QED) is 0.819. The first-order valence-corrected chi connectivity index (χ1v) is 6.09. The van der Waals surface area contributed by atoms with E-state index in [1.54, 1.807) is 7.11 Å². The molecule has 0 radical (unpaired) electrons. The molecule has 0 bridgehead atoms. The Bertz CT molecular complexity index is 511. The number of ether oxygens (including phenoxy) is 1. The molecule has 0 unspecified atom stereocenters. The summed E-state index contributed by atoms with van der Waals surface area (Å²) in [5.41, 5.74) is 4.40. The minimum absolute atomic E-state index is 0.619. The third kappa shape index (κ3) is 2.31. The molecular formula is C13H16N2OS. The molecule has 0 amide bonds. The van der Waals surface area contributed by atoms with Gasteiger partial charge in [0.1, 0.15) is 11.6 Å². The van der Waals surface area contributed by atoms with Crippen LogP contribution in [0.4, 0.5) is 0 Å². The Morgan fingerprint density at radius 2 is 1.94 bits per heavy atom. The molecule has 0 fully saturated rings. The number of nitrogens with zero attached hydrogens (tertiary/aromatic N) is 1. The third-order valence-electron chi connectivity index (χ3n) is 2.75. The number of aromatic amines is 1. The highest BCUT2D eigenvalue weighted by Gasteiger charge is 2.08. The zero-order valence-electron chi connectivity index (χ0n) is 10.2. The van der Waals surface area contributed by atoms with Crippen LogP contribution in [-0.2, 0) is 5.75 Å². The highest BCUT2D eigenvalue weighted by Crippen LogP contribution is 2.29. The third-order valence-corrected chi connectivity index (χ3v) is 3.05. The van der Waals surface area contributed by atoms with Gasteiger partial charge < -0.3 is 9.72 Å². The van der Waals surface area contributed by atoms with Gasteiger partial charge in [-0.25, -0.2) is 4.98 Å². The number of hydrogen-bond donors (Lipinski definition) is 2. The fourth-order valence-corrected chi connectivity index (χ4v) is 2.18. The van der Waals surface area contributed by atoms with Crippen LogP contribution in [0.25, 0.3) is 11.3 Å². The van der Waals surface area contributed by atoms with E-state index in [1.165, 1.54) is 0 Å². The summed E-state index contributed by atoms with van der Waals surface area (Å²) in [4.78, 5) is 7.49. The lowest BCUT2D eigenvalue weighted by atomic mass is 10.0. The Kier molecular flexibility index (Phi) is 3.43. The fraction of sp³-hybridized carbons (Fsp3) is 0.308. The number of hydrogen-bond acceptors (Lipinski definition) is 3. The van der Waals surface area contributed by atoms with Crippen LogP contribution in [0.5, 0.6) is 5.75 Å². The molecular weight excluding hydrogens is 232 g/mol. The van der Waals surface area contributed by atoms with Crippen LogP contribution in [0.3, 0.4) is 0 Å². The summed E-state index contributed by atoms with van der Waals surface area (Å²) in [7, 11) is 1.70. The van der Waals surface area contributed by atoms with E-state index in [-0.39, 0.29) is 0 Å². The fourth-order valence-electron chi connectivity index (χ4n) is 2.02. The van der Waals surface area contributed by atoms with Gasteiger partial charge in [0.25, 0.3) is 0 Å². The largest absolute Gasteiger partial charge is 0.496 e. The number of nitrogens with one attached hydrogen (secondary N) is 1. The standard InChI is InChI=1S/C13H16N2OS/c1-8-4-10(5-9(2)13(8)16-3)11-6-14-12(7-17)15-11/h4-6,17H,7H2,1-3H3,(H,14,15).